The summed E-state index contributed by atoms with van der Waals surface area (Å²) in [6.07, 6.45) is 0. The number of rotatable bonds is 7. The van der Waals surface area contributed by atoms with Crippen LogP contribution in [0.3, 0.4) is 0 Å². The fraction of sp³-hybridized carbons (Fsp3) is 0.462. The third kappa shape index (κ3) is 4.50. The standard InChI is InChI=1S/C13H18FNO4/c1-9(11-4-3-10(14)7-12(11)16)15(5-6-19-2)8-13(17)18/h3-4,7,9,16H,5-6,8H2,1-2H3,(H,17,18). The van der Waals surface area contributed by atoms with E-state index in [1.807, 2.05) is 0 Å². The molecule has 0 heterocycles. The number of benzene rings is 1. The molecule has 1 aromatic carbocycles. The van der Waals surface area contributed by atoms with E-state index in [-0.39, 0.29) is 18.3 Å². The van der Waals surface area contributed by atoms with E-state index < -0.39 is 11.8 Å². The van der Waals surface area contributed by atoms with Gasteiger partial charge in [0.2, 0.25) is 0 Å². The molecule has 0 saturated carbocycles. The summed E-state index contributed by atoms with van der Waals surface area (Å²) in [4.78, 5) is 12.5. The van der Waals surface area contributed by atoms with Gasteiger partial charge in [0.15, 0.2) is 0 Å². The molecule has 0 amide bonds. The SMILES string of the molecule is COCCN(CC(=O)O)C(C)c1ccc(F)cc1O. The molecule has 19 heavy (non-hydrogen) atoms. The van der Waals surface area contributed by atoms with E-state index in [4.69, 9.17) is 9.84 Å². The molecule has 0 saturated heterocycles. The van der Waals surface area contributed by atoms with Crippen LogP contribution in [0.25, 0.3) is 0 Å². The Labute approximate surface area is 111 Å². The smallest absolute Gasteiger partial charge is 0.317 e. The molecule has 0 aromatic heterocycles. The van der Waals surface area contributed by atoms with Crippen molar-refractivity contribution in [2.75, 3.05) is 26.8 Å². The molecule has 0 bridgehead atoms. The first kappa shape index (κ1) is 15.4. The lowest BCUT2D eigenvalue weighted by atomic mass is 10.1. The molecule has 1 unspecified atom stereocenters. The summed E-state index contributed by atoms with van der Waals surface area (Å²) in [6.45, 7) is 2.35. The van der Waals surface area contributed by atoms with Gasteiger partial charge in [-0.3, -0.25) is 9.69 Å². The van der Waals surface area contributed by atoms with Crippen molar-refractivity contribution in [1.82, 2.24) is 4.90 Å². The molecule has 0 spiro atoms. The molecule has 6 heteroatoms. The number of halogens is 1. The first-order valence-electron chi connectivity index (χ1n) is 5.89. The summed E-state index contributed by atoms with van der Waals surface area (Å²) < 4.78 is 17.9. The van der Waals surface area contributed by atoms with Crippen LogP contribution in [0.4, 0.5) is 4.39 Å². The molecule has 0 fully saturated rings. The van der Waals surface area contributed by atoms with Crippen LogP contribution in [0, 0.1) is 5.82 Å². The Hall–Kier alpha value is -1.66. The van der Waals surface area contributed by atoms with Crippen molar-refractivity contribution in [2.45, 2.75) is 13.0 Å². The van der Waals surface area contributed by atoms with Crippen LogP contribution >= 0.6 is 0 Å². The van der Waals surface area contributed by atoms with Crippen molar-refractivity contribution in [2.24, 2.45) is 0 Å². The summed E-state index contributed by atoms with van der Waals surface area (Å²) in [5, 5.41) is 18.6. The van der Waals surface area contributed by atoms with E-state index in [1.165, 1.54) is 19.2 Å². The first-order chi connectivity index (χ1) is 8.95. The van der Waals surface area contributed by atoms with Crippen LogP contribution < -0.4 is 0 Å². The van der Waals surface area contributed by atoms with Crippen LogP contribution in [-0.4, -0.2) is 47.9 Å². The summed E-state index contributed by atoms with van der Waals surface area (Å²) >= 11 is 0. The monoisotopic (exact) mass is 271 g/mol. The van der Waals surface area contributed by atoms with Gasteiger partial charge >= 0.3 is 5.97 Å². The number of nitrogens with zero attached hydrogens (tertiary/aromatic N) is 1. The van der Waals surface area contributed by atoms with E-state index in [1.54, 1.807) is 11.8 Å². The Morgan fingerprint density at radius 2 is 2.21 bits per heavy atom. The van der Waals surface area contributed by atoms with Crippen molar-refractivity contribution in [3.63, 3.8) is 0 Å². The molecule has 1 rings (SSSR count). The van der Waals surface area contributed by atoms with Crippen LogP contribution in [0.15, 0.2) is 18.2 Å². The molecule has 0 aliphatic heterocycles. The number of aliphatic carboxylic acids is 1. The Balaban J connectivity index is 2.90. The number of carbonyl (C=O) groups is 1. The van der Waals surface area contributed by atoms with Gasteiger partial charge in [-0.05, 0) is 13.0 Å². The molecule has 0 aliphatic rings. The topological polar surface area (TPSA) is 70.0 Å². The second kappa shape index (κ2) is 7.06. The Morgan fingerprint density at radius 3 is 2.74 bits per heavy atom. The fourth-order valence-corrected chi connectivity index (χ4v) is 1.86. The number of hydrogen-bond donors (Lipinski definition) is 2. The summed E-state index contributed by atoms with van der Waals surface area (Å²) in [5.74, 6) is -1.68. The van der Waals surface area contributed by atoms with Crippen LogP contribution in [0.1, 0.15) is 18.5 Å². The highest BCUT2D eigenvalue weighted by molar-refractivity contribution is 5.69. The molecule has 2 N–H and O–H groups in total. The first-order valence-corrected chi connectivity index (χ1v) is 5.89. The Bertz CT molecular complexity index is 439. The fourth-order valence-electron chi connectivity index (χ4n) is 1.86. The van der Waals surface area contributed by atoms with Gasteiger partial charge in [-0.25, -0.2) is 4.39 Å². The van der Waals surface area contributed by atoms with Gasteiger partial charge in [0.25, 0.3) is 0 Å². The van der Waals surface area contributed by atoms with Crippen LogP contribution in [0.2, 0.25) is 0 Å². The molecular formula is C13H18FNO4. The van der Waals surface area contributed by atoms with Crippen LogP contribution in [-0.2, 0) is 9.53 Å². The van der Waals surface area contributed by atoms with Crippen LogP contribution in [0.5, 0.6) is 5.75 Å². The predicted molar refractivity (Wildman–Crippen MR) is 67.6 cm³/mol. The van der Waals surface area contributed by atoms with Gasteiger partial charge in [0.05, 0.1) is 13.2 Å². The number of aromatic hydroxyl groups is 1. The van der Waals surface area contributed by atoms with E-state index in [2.05, 4.69) is 0 Å². The highest BCUT2D eigenvalue weighted by Crippen LogP contribution is 2.28. The predicted octanol–water partition coefficient (Wildman–Crippen LogP) is 1.63. The molecule has 5 nitrogen and oxygen atoms in total. The van der Waals surface area contributed by atoms with E-state index >= 15 is 0 Å². The number of ether oxygens (including phenoxy) is 1. The summed E-state index contributed by atoms with van der Waals surface area (Å²) in [7, 11) is 1.53. The molecule has 1 aromatic rings. The average Bonchev–Trinajstić information content (AvgIpc) is 2.33. The van der Waals surface area contributed by atoms with Gasteiger partial charge in [0, 0.05) is 31.3 Å². The lowest BCUT2D eigenvalue weighted by molar-refractivity contribution is -0.139. The van der Waals surface area contributed by atoms with Gasteiger partial charge in [-0.15, -0.1) is 0 Å². The molecular weight excluding hydrogens is 253 g/mol. The number of carboxylic acid groups (broad SMARTS) is 1. The zero-order valence-electron chi connectivity index (χ0n) is 11.0. The minimum Gasteiger partial charge on any atom is -0.508 e. The number of phenolic OH excluding ortho intramolecular Hbond substituents is 1. The zero-order chi connectivity index (χ0) is 14.4. The van der Waals surface area contributed by atoms with Crippen molar-refractivity contribution in [3.05, 3.63) is 29.6 Å². The minimum atomic E-state index is -0.968. The Morgan fingerprint density at radius 1 is 1.53 bits per heavy atom. The van der Waals surface area contributed by atoms with Crippen molar-refractivity contribution in [3.8, 4) is 5.75 Å². The van der Waals surface area contributed by atoms with Gasteiger partial charge in [0.1, 0.15) is 11.6 Å². The van der Waals surface area contributed by atoms with Crippen molar-refractivity contribution in [1.29, 1.82) is 0 Å². The number of hydrogen-bond acceptors (Lipinski definition) is 4. The van der Waals surface area contributed by atoms with E-state index in [0.29, 0.717) is 18.7 Å². The summed E-state index contributed by atoms with van der Waals surface area (Å²) in [6, 6.07) is 3.35. The van der Waals surface area contributed by atoms with Gasteiger partial charge in [-0.1, -0.05) is 6.07 Å². The molecule has 1 atom stereocenters. The van der Waals surface area contributed by atoms with E-state index in [9.17, 15) is 14.3 Å². The Kier molecular flexibility index (Phi) is 5.72. The number of methoxy groups -OCH3 is 1. The maximum Gasteiger partial charge on any atom is 0.317 e. The van der Waals surface area contributed by atoms with Gasteiger partial charge in [-0.2, -0.15) is 0 Å². The summed E-state index contributed by atoms with van der Waals surface area (Å²) in [5.41, 5.74) is 0.485. The van der Waals surface area contributed by atoms with Crippen molar-refractivity contribution < 1.29 is 24.1 Å². The number of phenols is 1. The highest BCUT2D eigenvalue weighted by atomic mass is 19.1. The second-order valence-electron chi connectivity index (χ2n) is 4.24. The maximum absolute atomic E-state index is 12.9. The number of carboxylic acids is 1. The maximum atomic E-state index is 12.9. The molecule has 0 aliphatic carbocycles. The largest absolute Gasteiger partial charge is 0.508 e. The van der Waals surface area contributed by atoms with Crippen molar-refractivity contribution >= 4 is 5.97 Å². The normalized spacial score (nSPS) is 12.6. The third-order valence-electron chi connectivity index (χ3n) is 2.91. The van der Waals surface area contributed by atoms with E-state index in [0.717, 1.165) is 6.07 Å². The quantitative estimate of drug-likeness (QED) is 0.788. The highest BCUT2D eigenvalue weighted by Gasteiger charge is 2.20. The zero-order valence-corrected chi connectivity index (χ0v) is 11.0. The van der Waals surface area contributed by atoms with Gasteiger partial charge < -0.3 is 14.9 Å². The molecule has 0 radical (unpaired) electrons. The minimum absolute atomic E-state index is 0.179. The average molecular weight is 271 g/mol. The lowest BCUT2D eigenvalue weighted by Crippen LogP contribution is -2.35. The lowest BCUT2D eigenvalue weighted by Gasteiger charge is -2.28. The second-order valence-corrected chi connectivity index (χ2v) is 4.24. The molecule has 106 valence electrons. The third-order valence-corrected chi connectivity index (χ3v) is 2.91.